The van der Waals surface area contributed by atoms with Crippen LogP contribution >= 0.6 is 15.9 Å². The van der Waals surface area contributed by atoms with E-state index in [1.165, 1.54) is 0 Å². The maximum Gasteiger partial charge on any atom is 0.125 e. The number of halogens is 1. The number of hydrogen-bond donors (Lipinski definition) is 1. The number of rotatable bonds is 2. The molecule has 0 radical (unpaired) electrons. The molecule has 0 bridgehead atoms. The summed E-state index contributed by atoms with van der Waals surface area (Å²) < 4.78 is 6.23. The molecule has 2 rings (SSSR count). The standard InChI is InChI=1S/C12H11BrO2/c1-15-12-6-5-9-8(10(12)7-14)3-2-4-11(9)13/h2-6,14H,7H2,1H3. The third-order valence-corrected chi connectivity index (χ3v) is 3.15. The molecule has 0 heterocycles. The maximum absolute atomic E-state index is 9.34. The van der Waals surface area contributed by atoms with Gasteiger partial charge in [0.15, 0.2) is 0 Å². The largest absolute Gasteiger partial charge is 0.496 e. The Bertz CT molecular complexity index is 494. The molecule has 0 amide bonds. The van der Waals surface area contributed by atoms with Crippen molar-refractivity contribution >= 4 is 26.7 Å². The smallest absolute Gasteiger partial charge is 0.125 e. The van der Waals surface area contributed by atoms with Crippen LogP contribution in [0.25, 0.3) is 10.8 Å². The van der Waals surface area contributed by atoms with E-state index in [-0.39, 0.29) is 6.61 Å². The van der Waals surface area contributed by atoms with E-state index >= 15 is 0 Å². The van der Waals surface area contributed by atoms with Crippen molar-refractivity contribution in [1.29, 1.82) is 0 Å². The topological polar surface area (TPSA) is 29.5 Å². The molecular formula is C12H11BrO2. The Morgan fingerprint density at radius 1 is 1.20 bits per heavy atom. The van der Waals surface area contributed by atoms with Gasteiger partial charge in [-0.15, -0.1) is 0 Å². The Morgan fingerprint density at radius 3 is 2.67 bits per heavy atom. The Labute approximate surface area is 96.6 Å². The zero-order valence-electron chi connectivity index (χ0n) is 8.33. The summed E-state index contributed by atoms with van der Waals surface area (Å²) in [5, 5.41) is 11.4. The molecule has 1 N–H and O–H groups in total. The molecular weight excluding hydrogens is 256 g/mol. The molecule has 15 heavy (non-hydrogen) atoms. The minimum atomic E-state index is -0.0169. The van der Waals surface area contributed by atoms with Crippen molar-refractivity contribution in [1.82, 2.24) is 0 Å². The van der Waals surface area contributed by atoms with Crippen molar-refractivity contribution in [2.24, 2.45) is 0 Å². The summed E-state index contributed by atoms with van der Waals surface area (Å²) in [4.78, 5) is 0. The van der Waals surface area contributed by atoms with E-state index in [2.05, 4.69) is 15.9 Å². The second-order valence-electron chi connectivity index (χ2n) is 3.24. The predicted octanol–water partition coefficient (Wildman–Crippen LogP) is 3.10. The molecule has 2 nitrogen and oxygen atoms in total. The second kappa shape index (κ2) is 4.21. The average Bonchev–Trinajstić information content (AvgIpc) is 2.28. The Hall–Kier alpha value is -1.06. The van der Waals surface area contributed by atoms with Crippen LogP contribution in [0.3, 0.4) is 0 Å². The van der Waals surface area contributed by atoms with Crippen LogP contribution in [0.15, 0.2) is 34.8 Å². The van der Waals surface area contributed by atoms with Crippen LogP contribution in [0.5, 0.6) is 5.75 Å². The molecule has 0 aliphatic carbocycles. The van der Waals surface area contributed by atoms with Crippen LogP contribution in [0.1, 0.15) is 5.56 Å². The van der Waals surface area contributed by atoms with E-state index in [0.29, 0.717) is 0 Å². The van der Waals surface area contributed by atoms with Crippen molar-refractivity contribution in [3.63, 3.8) is 0 Å². The fourth-order valence-electron chi connectivity index (χ4n) is 1.72. The quantitative estimate of drug-likeness (QED) is 0.905. The number of aliphatic hydroxyl groups is 1. The highest BCUT2D eigenvalue weighted by Crippen LogP contribution is 2.31. The number of hydrogen-bond acceptors (Lipinski definition) is 2. The first-order valence-corrected chi connectivity index (χ1v) is 5.42. The van der Waals surface area contributed by atoms with Gasteiger partial charge in [0.05, 0.1) is 13.7 Å². The lowest BCUT2D eigenvalue weighted by molar-refractivity contribution is 0.275. The van der Waals surface area contributed by atoms with Crippen molar-refractivity contribution in [3.8, 4) is 5.75 Å². The van der Waals surface area contributed by atoms with Gasteiger partial charge >= 0.3 is 0 Å². The molecule has 0 aromatic heterocycles. The zero-order chi connectivity index (χ0) is 10.8. The number of fused-ring (bicyclic) bond motifs is 1. The Morgan fingerprint density at radius 2 is 2.00 bits per heavy atom. The average molecular weight is 267 g/mol. The van der Waals surface area contributed by atoms with Gasteiger partial charge in [-0.25, -0.2) is 0 Å². The van der Waals surface area contributed by atoms with Crippen LogP contribution in [-0.2, 0) is 6.61 Å². The van der Waals surface area contributed by atoms with Gasteiger partial charge in [0.2, 0.25) is 0 Å². The Balaban J connectivity index is 2.82. The van der Waals surface area contributed by atoms with E-state index in [1.54, 1.807) is 7.11 Å². The molecule has 0 saturated heterocycles. The van der Waals surface area contributed by atoms with Crippen LogP contribution in [0.4, 0.5) is 0 Å². The predicted molar refractivity (Wildman–Crippen MR) is 64.1 cm³/mol. The highest BCUT2D eigenvalue weighted by Gasteiger charge is 2.08. The number of aliphatic hydroxyl groups excluding tert-OH is 1. The van der Waals surface area contributed by atoms with Gasteiger partial charge < -0.3 is 9.84 Å². The molecule has 0 aliphatic rings. The second-order valence-corrected chi connectivity index (χ2v) is 4.09. The molecule has 0 aliphatic heterocycles. The lowest BCUT2D eigenvalue weighted by atomic mass is 10.0. The normalized spacial score (nSPS) is 10.6. The van der Waals surface area contributed by atoms with E-state index in [1.807, 2.05) is 30.3 Å². The van der Waals surface area contributed by atoms with Crippen molar-refractivity contribution < 1.29 is 9.84 Å². The zero-order valence-corrected chi connectivity index (χ0v) is 9.91. The van der Waals surface area contributed by atoms with E-state index < -0.39 is 0 Å². The summed E-state index contributed by atoms with van der Waals surface area (Å²) in [7, 11) is 1.61. The maximum atomic E-state index is 9.34. The molecule has 2 aromatic carbocycles. The lowest BCUT2D eigenvalue weighted by Crippen LogP contribution is -1.93. The van der Waals surface area contributed by atoms with Gasteiger partial charge in [-0.2, -0.15) is 0 Å². The molecule has 78 valence electrons. The van der Waals surface area contributed by atoms with Crippen LogP contribution in [0, 0.1) is 0 Å². The SMILES string of the molecule is COc1ccc2c(Br)cccc2c1CO. The molecule has 0 saturated carbocycles. The van der Waals surface area contributed by atoms with E-state index in [9.17, 15) is 5.11 Å². The van der Waals surface area contributed by atoms with Crippen LogP contribution < -0.4 is 4.74 Å². The third kappa shape index (κ3) is 1.73. The molecule has 0 spiro atoms. The first kappa shape index (κ1) is 10.5. The minimum Gasteiger partial charge on any atom is -0.496 e. The van der Waals surface area contributed by atoms with Gasteiger partial charge in [0, 0.05) is 10.0 Å². The van der Waals surface area contributed by atoms with Crippen molar-refractivity contribution in [2.45, 2.75) is 6.61 Å². The van der Waals surface area contributed by atoms with Gasteiger partial charge in [0.1, 0.15) is 5.75 Å². The summed E-state index contributed by atoms with van der Waals surface area (Å²) in [5.41, 5.74) is 0.830. The summed E-state index contributed by atoms with van der Waals surface area (Å²) in [5.74, 6) is 0.725. The first-order chi connectivity index (χ1) is 7.27. The molecule has 2 aromatic rings. The molecule has 0 unspecified atom stereocenters. The highest BCUT2D eigenvalue weighted by molar-refractivity contribution is 9.10. The molecule has 0 fully saturated rings. The fraction of sp³-hybridized carbons (Fsp3) is 0.167. The van der Waals surface area contributed by atoms with E-state index in [4.69, 9.17) is 4.74 Å². The van der Waals surface area contributed by atoms with Crippen molar-refractivity contribution in [2.75, 3.05) is 7.11 Å². The van der Waals surface area contributed by atoms with E-state index in [0.717, 1.165) is 26.6 Å². The minimum absolute atomic E-state index is 0.0169. The number of benzene rings is 2. The monoisotopic (exact) mass is 266 g/mol. The van der Waals surface area contributed by atoms with Gasteiger partial charge in [-0.1, -0.05) is 28.1 Å². The third-order valence-electron chi connectivity index (χ3n) is 2.45. The summed E-state index contributed by atoms with van der Waals surface area (Å²) >= 11 is 3.48. The first-order valence-electron chi connectivity index (χ1n) is 4.63. The summed E-state index contributed by atoms with van der Waals surface area (Å²) in [6.07, 6.45) is 0. The number of methoxy groups -OCH3 is 1. The Kier molecular flexibility index (Phi) is 2.93. The summed E-state index contributed by atoms with van der Waals surface area (Å²) in [6, 6.07) is 9.77. The van der Waals surface area contributed by atoms with Crippen LogP contribution in [0.2, 0.25) is 0 Å². The summed E-state index contributed by atoms with van der Waals surface area (Å²) in [6.45, 7) is -0.0169. The highest BCUT2D eigenvalue weighted by atomic mass is 79.9. The fourth-order valence-corrected chi connectivity index (χ4v) is 2.21. The van der Waals surface area contributed by atoms with Crippen LogP contribution in [-0.4, -0.2) is 12.2 Å². The van der Waals surface area contributed by atoms with Gasteiger partial charge in [-0.3, -0.25) is 0 Å². The van der Waals surface area contributed by atoms with Crippen molar-refractivity contribution in [3.05, 3.63) is 40.4 Å². The van der Waals surface area contributed by atoms with Gasteiger partial charge in [0.25, 0.3) is 0 Å². The molecule has 0 atom stereocenters. The lowest BCUT2D eigenvalue weighted by Gasteiger charge is -2.10. The number of ether oxygens (including phenoxy) is 1. The molecule has 3 heteroatoms. The van der Waals surface area contributed by atoms with Gasteiger partial charge in [-0.05, 0) is 29.0 Å².